The molecule has 0 rings (SSSR count). The van der Waals surface area contributed by atoms with Gasteiger partial charge in [-0.15, -0.1) is 0 Å². The van der Waals surface area contributed by atoms with Crippen LogP contribution in [0.2, 0.25) is 0 Å². The van der Waals surface area contributed by atoms with Gasteiger partial charge in [-0.3, -0.25) is 0 Å². The van der Waals surface area contributed by atoms with Gasteiger partial charge in [-0.2, -0.15) is 0 Å². The van der Waals surface area contributed by atoms with Gasteiger partial charge in [0.15, 0.2) is 0 Å². The van der Waals surface area contributed by atoms with Crippen LogP contribution in [-0.4, -0.2) is 5.54 Å². The summed E-state index contributed by atoms with van der Waals surface area (Å²) in [6.07, 6.45) is 3.53. The fourth-order valence-electron chi connectivity index (χ4n) is 1.29. The minimum absolute atomic E-state index is 0.295. The molecule has 0 unspecified atom stereocenters. The molecule has 0 aromatic rings. The average Bonchev–Trinajstić information content (AvgIpc) is 2.12. The summed E-state index contributed by atoms with van der Waals surface area (Å²) in [5.41, 5.74) is 7.24. The van der Waals surface area contributed by atoms with Crippen LogP contribution in [-0.2, 0) is 0 Å². The molecule has 0 saturated heterocycles. The maximum absolute atomic E-state index is 6.00. The van der Waals surface area contributed by atoms with Crippen LogP contribution in [0.4, 0.5) is 0 Å². The summed E-state index contributed by atoms with van der Waals surface area (Å²) in [5.74, 6) is 0. The van der Waals surface area contributed by atoms with Gasteiger partial charge >= 0.3 is 0 Å². The highest BCUT2D eigenvalue weighted by atomic mass is 32.2. The maximum Gasteiger partial charge on any atom is 0.0409 e. The maximum atomic E-state index is 6.00. The molecule has 0 aliphatic heterocycles. The lowest BCUT2D eigenvalue weighted by Crippen LogP contribution is -2.32. The molecule has 0 aromatic heterocycles. The first-order valence-electron chi connectivity index (χ1n) is 5.67. The number of thioether (sulfide) groups is 1. The van der Waals surface area contributed by atoms with E-state index >= 15 is 0 Å². The Morgan fingerprint density at radius 3 is 2.20 bits per heavy atom. The molecular weight excluding hydrogens is 202 g/mol. The number of rotatable bonds is 6. The molecule has 0 saturated carbocycles. The van der Waals surface area contributed by atoms with Gasteiger partial charge in [-0.1, -0.05) is 44.2 Å². The van der Waals surface area contributed by atoms with Crippen LogP contribution < -0.4 is 5.73 Å². The van der Waals surface area contributed by atoms with Crippen molar-refractivity contribution in [2.75, 3.05) is 0 Å². The second-order valence-electron chi connectivity index (χ2n) is 4.51. The van der Waals surface area contributed by atoms with Gasteiger partial charge in [-0.25, -0.2) is 0 Å². The number of allylic oxidation sites excluding steroid dienone is 2. The predicted molar refractivity (Wildman–Crippen MR) is 72.9 cm³/mol. The fourth-order valence-corrected chi connectivity index (χ4v) is 2.32. The smallest absolute Gasteiger partial charge is 0.0409 e. The van der Waals surface area contributed by atoms with E-state index in [4.69, 9.17) is 5.73 Å². The largest absolute Gasteiger partial charge is 0.321 e. The highest BCUT2D eigenvalue weighted by molar-refractivity contribution is 8.06. The van der Waals surface area contributed by atoms with Crippen LogP contribution in [0.5, 0.6) is 0 Å². The van der Waals surface area contributed by atoms with E-state index in [0.29, 0.717) is 0 Å². The van der Waals surface area contributed by atoms with Gasteiger partial charge < -0.3 is 5.73 Å². The van der Waals surface area contributed by atoms with Crippen molar-refractivity contribution < 1.29 is 0 Å². The zero-order valence-electron chi connectivity index (χ0n) is 10.8. The SMILES string of the molecule is C=C(S/C(C)=C(\CC)CCC)C(C)(C)N. The van der Waals surface area contributed by atoms with E-state index in [1.165, 1.54) is 23.3 Å². The van der Waals surface area contributed by atoms with Gasteiger partial charge in [0, 0.05) is 10.4 Å². The molecule has 0 radical (unpaired) electrons. The molecular formula is C13H25NS. The molecule has 0 bridgehead atoms. The molecule has 0 heterocycles. The Kier molecular flexibility index (Phi) is 6.30. The van der Waals surface area contributed by atoms with E-state index < -0.39 is 0 Å². The third kappa shape index (κ3) is 5.43. The Balaban J connectivity index is 4.57. The van der Waals surface area contributed by atoms with E-state index in [0.717, 1.165) is 11.3 Å². The van der Waals surface area contributed by atoms with E-state index in [1.807, 2.05) is 13.8 Å². The number of nitrogens with two attached hydrogens (primary N) is 1. The van der Waals surface area contributed by atoms with Crippen molar-refractivity contribution in [3.8, 4) is 0 Å². The summed E-state index contributed by atoms with van der Waals surface area (Å²) in [5, 5.41) is 0. The Morgan fingerprint density at radius 1 is 1.33 bits per heavy atom. The second-order valence-corrected chi connectivity index (χ2v) is 5.82. The summed E-state index contributed by atoms with van der Waals surface area (Å²) in [7, 11) is 0. The molecule has 0 aliphatic rings. The molecule has 88 valence electrons. The molecule has 0 aliphatic carbocycles. The second kappa shape index (κ2) is 6.39. The minimum Gasteiger partial charge on any atom is -0.321 e. The Morgan fingerprint density at radius 2 is 1.87 bits per heavy atom. The minimum atomic E-state index is -0.295. The Bertz CT molecular complexity index is 246. The molecule has 0 amide bonds. The molecule has 1 nitrogen and oxygen atoms in total. The summed E-state index contributed by atoms with van der Waals surface area (Å²) >= 11 is 1.74. The molecule has 0 aromatic carbocycles. The number of hydrogen-bond donors (Lipinski definition) is 1. The monoisotopic (exact) mass is 227 g/mol. The first kappa shape index (κ1) is 14.8. The van der Waals surface area contributed by atoms with Crippen molar-refractivity contribution in [2.24, 2.45) is 5.73 Å². The van der Waals surface area contributed by atoms with Crippen molar-refractivity contribution in [2.45, 2.75) is 59.4 Å². The van der Waals surface area contributed by atoms with Crippen molar-refractivity contribution in [1.82, 2.24) is 0 Å². The topological polar surface area (TPSA) is 26.0 Å². The van der Waals surface area contributed by atoms with E-state index in [1.54, 1.807) is 11.8 Å². The molecule has 0 atom stereocenters. The summed E-state index contributed by atoms with van der Waals surface area (Å²) in [6.45, 7) is 14.7. The lowest BCUT2D eigenvalue weighted by molar-refractivity contribution is 0.645. The van der Waals surface area contributed by atoms with Crippen LogP contribution in [0.3, 0.4) is 0 Å². The Labute approximate surface area is 99.2 Å². The van der Waals surface area contributed by atoms with Gasteiger partial charge in [0.2, 0.25) is 0 Å². The quantitative estimate of drug-likeness (QED) is 0.725. The third-order valence-corrected chi connectivity index (χ3v) is 3.84. The zero-order valence-corrected chi connectivity index (χ0v) is 11.6. The van der Waals surface area contributed by atoms with Gasteiger partial charge in [0.1, 0.15) is 0 Å². The van der Waals surface area contributed by atoms with Crippen molar-refractivity contribution in [3.63, 3.8) is 0 Å². The van der Waals surface area contributed by atoms with Crippen molar-refractivity contribution in [1.29, 1.82) is 0 Å². The standard InChI is InChI=1S/C13H25NS/c1-7-9-12(8-2)10(3)15-11(4)13(5,6)14/h4,7-9,14H2,1-3,5-6H3/b12-10+. The van der Waals surface area contributed by atoms with Crippen LogP contribution in [0.1, 0.15) is 53.9 Å². The normalized spacial score (nSPS) is 13.7. The van der Waals surface area contributed by atoms with E-state index in [-0.39, 0.29) is 5.54 Å². The average molecular weight is 227 g/mol. The molecule has 2 heteroatoms. The van der Waals surface area contributed by atoms with E-state index in [9.17, 15) is 0 Å². The highest BCUT2D eigenvalue weighted by Crippen LogP contribution is 2.34. The molecule has 2 N–H and O–H groups in total. The van der Waals surface area contributed by atoms with Crippen LogP contribution in [0.15, 0.2) is 22.0 Å². The third-order valence-electron chi connectivity index (χ3n) is 2.47. The lowest BCUT2D eigenvalue weighted by Gasteiger charge is -2.22. The summed E-state index contributed by atoms with van der Waals surface area (Å²) < 4.78 is 0. The van der Waals surface area contributed by atoms with Gasteiger partial charge in [0.05, 0.1) is 0 Å². The number of hydrogen-bond acceptors (Lipinski definition) is 2. The van der Waals surface area contributed by atoms with Crippen molar-refractivity contribution in [3.05, 3.63) is 22.0 Å². The van der Waals surface area contributed by atoms with Crippen LogP contribution >= 0.6 is 11.8 Å². The van der Waals surface area contributed by atoms with Gasteiger partial charge in [-0.05, 0) is 38.5 Å². The fraction of sp³-hybridized carbons (Fsp3) is 0.692. The van der Waals surface area contributed by atoms with Crippen LogP contribution in [0.25, 0.3) is 0 Å². The Hall–Kier alpha value is -0.210. The predicted octanol–water partition coefficient (Wildman–Crippen LogP) is 4.45. The molecule has 0 fully saturated rings. The molecule has 15 heavy (non-hydrogen) atoms. The van der Waals surface area contributed by atoms with E-state index in [2.05, 4.69) is 27.4 Å². The van der Waals surface area contributed by atoms with Crippen LogP contribution in [0, 0.1) is 0 Å². The molecule has 0 spiro atoms. The van der Waals surface area contributed by atoms with Crippen molar-refractivity contribution >= 4 is 11.8 Å². The highest BCUT2D eigenvalue weighted by Gasteiger charge is 2.17. The lowest BCUT2D eigenvalue weighted by atomic mass is 10.1. The first-order chi connectivity index (χ1) is 6.82. The zero-order chi connectivity index (χ0) is 12.1. The summed E-state index contributed by atoms with van der Waals surface area (Å²) in [4.78, 5) is 2.42. The summed E-state index contributed by atoms with van der Waals surface area (Å²) in [6, 6.07) is 0. The first-order valence-corrected chi connectivity index (χ1v) is 6.49. The van der Waals surface area contributed by atoms with Gasteiger partial charge in [0.25, 0.3) is 0 Å².